The van der Waals surface area contributed by atoms with Gasteiger partial charge in [0.05, 0.1) is 12.8 Å². The summed E-state index contributed by atoms with van der Waals surface area (Å²) in [4.78, 5) is 20.8. The number of halogens is 2. The van der Waals surface area contributed by atoms with Gasteiger partial charge in [0.2, 0.25) is 5.95 Å². The summed E-state index contributed by atoms with van der Waals surface area (Å²) in [6.07, 6.45) is 7.50. The molecular weight excluding hydrogens is 366 g/mol. The van der Waals surface area contributed by atoms with Crippen LogP contribution in [0.25, 0.3) is 11.1 Å². The molecule has 1 saturated carbocycles. The Labute approximate surface area is 160 Å². The molecule has 3 aromatic heterocycles. The zero-order valence-electron chi connectivity index (χ0n) is 15.1. The standard InChI is InChI=1S/C19H18F2N6O/c1-28-18-25-9-13(10-26-18)12-7-23-17(24-8-12)27-11-19(5-14(20)6-19)16-15(21)3-2-4-22-16/h2-4,7-10,14H,5-6,11H2,1H3,(H,23,24,27)/t14-,19-. The van der Waals surface area contributed by atoms with Crippen LogP contribution in [-0.4, -0.2) is 44.7 Å². The van der Waals surface area contributed by atoms with Crippen LogP contribution in [0.5, 0.6) is 6.01 Å². The Kier molecular flexibility index (Phi) is 4.81. The van der Waals surface area contributed by atoms with Gasteiger partial charge in [-0.25, -0.2) is 28.7 Å². The molecule has 1 N–H and O–H groups in total. The molecule has 4 rings (SSSR count). The first kappa shape index (κ1) is 18.1. The van der Waals surface area contributed by atoms with Crippen molar-refractivity contribution in [2.75, 3.05) is 19.0 Å². The number of alkyl halides is 1. The second-order valence-corrected chi connectivity index (χ2v) is 6.73. The zero-order chi connectivity index (χ0) is 19.6. The fourth-order valence-corrected chi connectivity index (χ4v) is 3.37. The van der Waals surface area contributed by atoms with Crippen LogP contribution < -0.4 is 10.1 Å². The molecule has 0 aromatic carbocycles. The number of hydrogen-bond acceptors (Lipinski definition) is 7. The molecule has 0 unspecified atom stereocenters. The average molecular weight is 384 g/mol. The van der Waals surface area contributed by atoms with Crippen LogP contribution in [0.15, 0.2) is 43.1 Å². The second-order valence-electron chi connectivity index (χ2n) is 6.73. The molecule has 0 spiro atoms. The fraction of sp³-hybridized carbons (Fsp3) is 0.316. The van der Waals surface area contributed by atoms with Crippen LogP contribution in [-0.2, 0) is 5.41 Å². The Bertz CT molecular complexity index is 945. The summed E-state index contributed by atoms with van der Waals surface area (Å²) < 4.78 is 32.7. The molecule has 0 bridgehead atoms. The van der Waals surface area contributed by atoms with Crippen molar-refractivity contribution < 1.29 is 13.5 Å². The molecule has 0 saturated heterocycles. The van der Waals surface area contributed by atoms with E-state index in [9.17, 15) is 8.78 Å². The maximum absolute atomic E-state index is 14.2. The molecule has 0 amide bonds. The van der Waals surface area contributed by atoms with E-state index in [2.05, 4.69) is 30.2 Å². The number of hydrogen-bond donors (Lipinski definition) is 1. The molecular formula is C19H18F2N6O. The largest absolute Gasteiger partial charge is 0.467 e. The van der Waals surface area contributed by atoms with E-state index in [1.165, 1.54) is 25.4 Å². The number of pyridine rings is 1. The first-order valence-corrected chi connectivity index (χ1v) is 8.77. The smallest absolute Gasteiger partial charge is 0.316 e. The minimum absolute atomic E-state index is 0.217. The quantitative estimate of drug-likeness (QED) is 0.699. The highest BCUT2D eigenvalue weighted by Crippen LogP contribution is 2.45. The second kappa shape index (κ2) is 7.41. The topological polar surface area (TPSA) is 85.7 Å². The molecule has 1 aliphatic rings. The van der Waals surface area contributed by atoms with Crippen LogP contribution in [0, 0.1) is 5.82 Å². The Hall–Kier alpha value is -3.23. The first-order valence-electron chi connectivity index (χ1n) is 8.77. The van der Waals surface area contributed by atoms with Crippen LogP contribution in [0.1, 0.15) is 18.5 Å². The number of methoxy groups -OCH3 is 1. The molecule has 3 heterocycles. The van der Waals surface area contributed by atoms with Gasteiger partial charge in [-0.05, 0) is 25.0 Å². The van der Waals surface area contributed by atoms with E-state index < -0.39 is 17.4 Å². The minimum atomic E-state index is -0.957. The van der Waals surface area contributed by atoms with E-state index in [4.69, 9.17) is 4.74 Å². The van der Waals surface area contributed by atoms with E-state index in [0.717, 1.165) is 11.1 Å². The van der Waals surface area contributed by atoms with E-state index in [1.807, 2.05) is 0 Å². The number of rotatable bonds is 6. The summed E-state index contributed by atoms with van der Waals surface area (Å²) in [5, 5.41) is 3.08. The summed E-state index contributed by atoms with van der Waals surface area (Å²) in [7, 11) is 1.50. The molecule has 9 heteroatoms. The summed E-state index contributed by atoms with van der Waals surface area (Å²) in [5.74, 6) is -0.0526. The summed E-state index contributed by atoms with van der Waals surface area (Å²) in [6, 6.07) is 3.15. The predicted molar refractivity (Wildman–Crippen MR) is 98.1 cm³/mol. The lowest BCUT2D eigenvalue weighted by Crippen LogP contribution is -2.49. The van der Waals surface area contributed by atoms with Gasteiger partial charge in [-0.3, -0.25) is 4.98 Å². The van der Waals surface area contributed by atoms with E-state index >= 15 is 0 Å². The maximum atomic E-state index is 14.2. The number of anilines is 1. The fourth-order valence-electron chi connectivity index (χ4n) is 3.37. The predicted octanol–water partition coefficient (Wildman–Crippen LogP) is 2.96. The maximum Gasteiger partial charge on any atom is 0.316 e. The van der Waals surface area contributed by atoms with Crippen molar-refractivity contribution in [1.29, 1.82) is 0 Å². The van der Waals surface area contributed by atoms with Gasteiger partial charge >= 0.3 is 6.01 Å². The van der Waals surface area contributed by atoms with Gasteiger partial charge in [0.1, 0.15) is 12.0 Å². The average Bonchev–Trinajstić information content (AvgIpc) is 2.71. The van der Waals surface area contributed by atoms with Crippen LogP contribution in [0.3, 0.4) is 0 Å². The van der Waals surface area contributed by atoms with Crippen LogP contribution in [0.2, 0.25) is 0 Å². The van der Waals surface area contributed by atoms with Crippen molar-refractivity contribution in [3.05, 3.63) is 54.6 Å². The SMILES string of the molecule is COc1ncc(-c2cnc(NC[C@]3(c4ncccc4F)C[C@H](F)C3)nc2)cn1. The molecule has 0 radical (unpaired) electrons. The highest BCUT2D eigenvalue weighted by molar-refractivity contribution is 5.59. The first-order chi connectivity index (χ1) is 13.6. The van der Waals surface area contributed by atoms with E-state index in [0.29, 0.717) is 12.5 Å². The van der Waals surface area contributed by atoms with Gasteiger partial charge in [0, 0.05) is 54.1 Å². The number of ether oxygens (including phenoxy) is 1. The molecule has 28 heavy (non-hydrogen) atoms. The third kappa shape index (κ3) is 3.47. The Morgan fingerprint density at radius 2 is 1.71 bits per heavy atom. The number of nitrogens with zero attached hydrogens (tertiary/aromatic N) is 5. The third-order valence-electron chi connectivity index (χ3n) is 4.87. The normalized spacial score (nSPS) is 21.0. The monoisotopic (exact) mass is 384 g/mol. The van der Waals surface area contributed by atoms with Crippen LogP contribution in [0.4, 0.5) is 14.7 Å². The third-order valence-corrected chi connectivity index (χ3v) is 4.87. The van der Waals surface area contributed by atoms with Crippen molar-refractivity contribution in [2.45, 2.75) is 24.4 Å². The number of nitrogens with one attached hydrogen (secondary N) is 1. The molecule has 1 fully saturated rings. The lowest BCUT2D eigenvalue weighted by atomic mass is 9.65. The van der Waals surface area contributed by atoms with Gasteiger partial charge < -0.3 is 10.1 Å². The van der Waals surface area contributed by atoms with Crippen molar-refractivity contribution in [3.63, 3.8) is 0 Å². The molecule has 144 valence electrons. The molecule has 0 aliphatic heterocycles. The summed E-state index contributed by atoms with van der Waals surface area (Å²) in [6.45, 7) is 0.298. The van der Waals surface area contributed by atoms with Crippen LogP contribution >= 0.6 is 0 Å². The van der Waals surface area contributed by atoms with Crippen molar-refractivity contribution in [1.82, 2.24) is 24.9 Å². The molecule has 1 aliphatic carbocycles. The van der Waals surface area contributed by atoms with E-state index in [-0.39, 0.29) is 24.5 Å². The molecule has 3 aromatic rings. The summed E-state index contributed by atoms with van der Waals surface area (Å²) >= 11 is 0. The lowest BCUT2D eigenvalue weighted by Gasteiger charge is -2.43. The van der Waals surface area contributed by atoms with Crippen molar-refractivity contribution in [2.24, 2.45) is 0 Å². The Balaban J connectivity index is 1.47. The van der Waals surface area contributed by atoms with Gasteiger partial charge in [-0.2, -0.15) is 0 Å². The van der Waals surface area contributed by atoms with Gasteiger partial charge in [0.25, 0.3) is 0 Å². The highest BCUT2D eigenvalue weighted by atomic mass is 19.1. The minimum Gasteiger partial charge on any atom is -0.467 e. The zero-order valence-corrected chi connectivity index (χ0v) is 15.1. The summed E-state index contributed by atoms with van der Waals surface area (Å²) in [5.41, 5.74) is 1.07. The Morgan fingerprint density at radius 3 is 2.29 bits per heavy atom. The van der Waals surface area contributed by atoms with Gasteiger partial charge in [0.15, 0.2) is 0 Å². The van der Waals surface area contributed by atoms with Crippen molar-refractivity contribution in [3.8, 4) is 17.1 Å². The van der Waals surface area contributed by atoms with Gasteiger partial charge in [-0.15, -0.1) is 0 Å². The van der Waals surface area contributed by atoms with Gasteiger partial charge in [-0.1, -0.05) is 0 Å². The van der Waals surface area contributed by atoms with E-state index in [1.54, 1.807) is 24.8 Å². The number of aromatic nitrogens is 5. The van der Waals surface area contributed by atoms with Crippen molar-refractivity contribution >= 4 is 5.95 Å². The highest BCUT2D eigenvalue weighted by Gasteiger charge is 2.48. The molecule has 7 nitrogen and oxygen atoms in total. The molecule has 0 atom stereocenters. The lowest BCUT2D eigenvalue weighted by molar-refractivity contribution is 0.0963. The Morgan fingerprint density at radius 1 is 1.07 bits per heavy atom.